The molecule has 0 aliphatic heterocycles. The number of nitrogens with zero attached hydrogens (tertiary/aromatic N) is 1. The van der Waals surface area contributed by atoms with Crippen molar-refractivity contribution in [3.05, 3.63) is 65.2 Å². The molecule has 0 heterocycles. The summed E-state index contributed by atoms with van der Waals surface area (Å²) < 4.78 is 5.39. The van der Waals surface area contributed by atoms with E-state index in [0.29, 0.717) is 12.2 Å². The van der Waals surface area contributed by atoms with Gasteiger partial charge in [-0.15, -0.1) is 0 Å². The van der Waals surface area contributed by atoms with E-state index in [4.69, 9.17) is 10.00 Å². The average molecular weight is 267 g/mol. The van der Waals surface area contributed by atoms with Crippen LogP contribution in [0, 0.1) is 11.3 Å². The largest absolute Gasteiger partial charge is 0.494 e. The van der Waals surface area contributed by atoms with Crippen LogP contribution in [0.1, 0.15) is 30.5 Å². The van der Waals surface area contributed by atoms with E-state index in [0.717, 1.165) is 16.9 Å². The van der Waals surface area contributed by atoms with E-state index in [-0.39, 0.29) is 0 Å². The second-order valence-electron chi connectivity index (χ2n) is 4.72. The summed E-state index contributed by atoms with van der Waals surface area (Å²) in [6, 6.07) is 16.4. The second kappa shape index (κ2) is 5.77. The minimum absolute atomic E-state index is 0.580. The van der Waals surface area contributed by atoms with Crippen molar-refractivity contribution in [2.75, 3.05) is 6.61 Å². The number of benzene rings is 2. The molecule has 0 spiro atoms. The zero-order valence-electron chi connectivity index (χ0n) is 11.6. The average Bonchev–Trinajstić information content (AvgIpc) is 2.48. The van der Waals surface area contributed by atoms with Gasteiger partial charge in [0, 0.05) is 0 Å². The first-order valence-corrected chi connectivity index (χ1v) is 6.54. The Morgan fingerprint density at radius 2 is 1.55 bits per heavy atom. The van der Waals surface area contributed by atoms with Crippen molar-refractivity contribution < 1.29 is 9.84 Å². The van der Waals surface area contributed by atoms with Gasteiger partial charge < -0.3 is 9.84 Å². The third kappa shape index (κ3) is 2.81. The van der Waals surface area contributed by atoms with Gasteiger partial charge in [-0.1, -0.05) is 24.3 Å². The fourth-order valence-electron chi connectivity index (χ4n) is 2.08. The van der Waals surface area contributed by atoms with Gasteiger partial charge in [-0.2, -0.15) is 5.26 Å². The normalized spacial score (nSPS) is 13.3. The third-order valence-electron chi connectivity index (χ3n) is 3.30. The fraction of sp³-hybridized carbons (Fsp3) is 0.235. The van der Waals surface area contributed by atoms with Gasteiger partial charge in [-0.05, 0) is 49.2 Å². The molecule has 0 radical (unpaired) electrons. The molecule has 3 heteroatoms. The monoisotopic (exact) mass is 267 g/mol. The third-order valence-corrected chi connectivity index (χ3v) is 3.30. The summed E-state index contributed by atoms with van der Waals surface area (Å²) >= 11 is 0. The van der Waals surface area contributed by atoms with Crippen LogP contribution in [0.4, 0.5) is 0 Å². The van der Waals surface area contributed by atoms with Crippen molar-refractivity contribution >= 4 is 0 Å². The molecule has 0 aliphatic carbocycles. The predicted octanol–water partition coefficient (Wildman–Crippen LogP) is 3.21. The highest BCUT2D eigenvalue weighted by molar-refractivity contribution is 5.40. The van der Waals surface area contributed by atoms with E-state index in [1.54, 1.807) is 31.2 Å². The predicted molar refractivity (Wildman–Crippen MR) is 77.4 cm³/mol. The Kier molecular flexibility index (Phi) is 4.07. The van der Waals surface area contributed by atoms with Crippen LogP contribution < -0.4 is 4.74 Å². The first-order chi connectivity index (χ1) is 9.57. The van der Waals surface area contributed by atoms with Crippen molar-refractivity contribution in [1.82, 2.24) is 0 Å². The van der Waals surface area contributed by atoms with E-state index < -0.39 is 5.60 Å². The van der Waals surface area contributed by atoms with Crippen LogP contribution in [0.25, 0.3) is 0 Å². The molecule has 1 N–H and O–H groups in total. The molecule has 3 nitrogen and oxygen atoms in total. The Labute approximate surface area is 119 Å². The van der Waals surface area contributed by atoms with E-state index in [1.807, 2.05) is 31.2 Å². The molecular formula is C17H17NO2. The standard InChI is InChI=1S/C17H17NO2/c1-3-20-16-10-8-15(9-11-16)17(2,19)14-6-4-13(12-18)5-7-14/h4-11,19H,3H2,1-2H3. The summed E-state index contributed by atoms with van der Waals surface area (Å²) in [6.07, 6.45) is 0. The summed E-state index contributed by atoms with van der Waals surface area (Å²) in [6.45, 7) is 4.29. The van der Waals surface area contributed by atoms with Gasteiger partial charge in [0.2, 0.25) is 0 Å². The molecule has 0 fully saturated rings. The Morgan fingerprint density at radius 3 is 2.00 bits per heavy atom. The molecule has 0 saturated carbocycles. The van der Waals surface area contributed by atoms with Crippen LogP contribution in [0.2, 0.25) is 0 Å². The first kappa shape index (κ1) is 14.1. The zero-order valence-corrected chi connectivity index (χ0v) is 11.6. The smallest absolute Gasteiger partial charge is 0.119 e. The highest BCUT2D eigenvalue weighted by Crippen LogP contribution is 2.30. The van der Waals surface area contributed by atoms with E-state index in [1.165, 1.54) is 0 Å². The summed E-state index contributed by atoms with van der Waals surface area (Å²) in [5, 5.41) is 19.5. The van der Waals surface area contributed by atoms with Crippen LogP contribution in [0.5, 0.6) is 5.75 Å². The minimum Gasteiger partial charge on any atom is -0.494 e. The fourth-order valence-corrected chi connectivity index (χ4v) is 2.08. The maximum atomic E-state index is 10.7. The molecular weight excluding hydrogens is 250 g/mol. The van der Waals surface area contributed by atoms with Crippen molar-refractivity contribution in [2.24, 2.45) is 0 Å². The Balaban J connectivity index is 2.30. The zero-order chi connectivity index (χ0) is 14.6. The number of rotatable bonds is 4. The topological polar surface area (TPSA) is 53.2 Å². The number of nitriles is 1. The number of ether oxygens (including phenoxy) is 1. The van der Waals surface area contributed by atoms with Crippen molar-refractivity contribution in [3.8, 4) is 11.8 Å². The van der Waals surface area contributed by atoms with Crippen LogP contribution in [0.3, 0.4) is 0 Å². The van der Waals surface area contributed by atoms with Gasteiger partial charge in [-0.3, -0.25) is 0 Å². The SMILES string of the molecule is CCOc1ccc(C(C)(O)c2ccc(C#N)cc2)cc1. The molecule has 0 aliphatic rings. The van der Waals surface area contributed by atoms with Crippen LogP contribution in [-0.4, -0.2) is 11.7 Å². The van der Waals surface area contributed by atoms with Gasteiger partial charge in [0.25, 0.3) is 0 Å². The number of hydrogen-bond acceptors (Lipinski definition) is 3. The van der Waals surface area contributed by atoms with Crippen LogP contribution in [0.15, 0.2) is 48.5 Å². The van der Waals surface area contributed by atoms with Gasteiger partial charge >= 0.3 is 0 Å². The van der Waals surface area contributed by atoms with Gasteiger partial charge in [0.05, 0.1) is 18.2 Å². The second-order valence-corrected chi connectivity index (χ2v) is 4.72. The van der Waals surface area contributed by atoms with Gasteiger partial charge in [-0.25, -0.2) is 0 Å². The van der Waals surface area contributed by atoms with Gasteiger partial charge in [0.15, 0.2) is 0 Å². The molecule has 20 heavy (non-hydrogen) atoms. The molecule has 0 bridgehead atoms. The van der Waals surface area contributed by atoms with Crippen LogP contribution >= 0.6 is 0 Å². The van der Waals surface area contributed by atoms with E-state index in [2.05, 4.69) is 6.07 Å². The molecule has 0 saturated heterocycles. The number of hydrogen-bond donors (Lipinski definition) is 1. The molecule has 0 amide bonds. The lowest BCUT2D eigenvalue weighted by Crippen LogP contribution is -2.22. The Morgan fingerprint density at radius 1 is 1.05 bits per heavy atom. The lowest BCUT2D eigenvalue weighted by Gasteiger charge is -2.24. The molecule has 2 aromatic rings. The molecule has 102 valence electrons. The first-order valence-electron chi connectivity index (χ1n) is 6.54. The summed E-state index contributed by atoms with van der Waals surface area (Å²) in [5.41, 5.74) is 1.02. The minimum atomic E-state index is -1.10. The summed E-state index contributed by atoms with van der Waals surface area (Å²) in [4.78, 5) is 0. The Hall–Kier alpha value is -2.31. The lowest BCUT2D eigenvalue weighted by molar-refractivity contribution is 0.102. The maximum absolute atomic E-state index is 10.7. The summed E-state index contributed by atoms with van der Waals surface area (Å²) in [7, 11) is 0. The maximum Gasteiger partial charge on any atom is 0.119 e. The lowest BCUT2D eigenvalue weighted by atomic mass is 9.88. The van der Waals surface area contributed by atoms with E-state index in [9.17, 15) is 5.11 Å². The van der Waals surface area contributed by atoms with Crippen molar-refractivity contribution in [3.63, 3.8) is 0 Å². The molecule has 2 aromatic carbocycles. The highest BCUT2D eigenvalue weighted by atomic mass is 16.5. The molecule has 1 atom stereocenters. The van der Waals surface area contributed by atoms with E-state index >= 15 is 0 Å². The summed E-state index contributed by atoms with van der Waals surface area (Å²) in [5.74, 6) is 0.784. The highest BCUT2D eigenvalue weighted by Gasteiger charge is 2.25. The van der Waals surface area contributed by atoms with Gasteiger partial charge in [0.1, 0.15) is 11.4 Å². The van der Waals surface area contributed by atoms with Crippen LogP contribution in [-0.2, 0) is 5.60 Å². The molecule has 1 unspecified atom stereocenters. The van der Waals surface area contributed by atoms with Crippen molar-refractivity contribution in [2.45, 2.75) is 19.4 Å². The molecule has 2 rings (SSSR count). The van der Waals surface area contributed by atoms with Crippen molar-refractivity contribution in [1.29, 1.82) is 5.26 Å². The molecule has 0 aromatic heterocycles. The quantitative estimate of drug-likeness (QED) is 0.925. The number of aliphatic hydroxyl groups is 1. The Bertz CT molecular complexity index is 607.